The highest BCUT2D eigenvalue weighted by atomic mass is 79.9. The molecule has 0 aliphatic rings. The molecular weight excluding hydrogens is 317 g/mol. The lowest BCUT2D eigenvalue weighted by Crippen LogP contribution is -2.27. The molecule has 6 heteroatoms. The summed E-state index contributed by atoms with van der Waals surface area (Å²) in [7, 11) is 0. The zero-order valence-electron chi connectivity index (χ0n) is 11.0. The van der Waals surface area contributed by atoms with Gasteiger partial charge in [-0.25, -0.2) is 9.18 Å². The molecule has 1 rings (SSSR count). The molecule has 1 unspecified atom stereocenters. The van der Waals surface area contributed by atoms with Gasteiger partial charge in [0.1, 0.15) is 18.4 Å². The van der Waals surface area contributed by atoms with Crippen LogP contribution in [0.2, 0.25) is 0 Å². The van der Waals surface area contributed by atoms with Gasteiger partial charge < -0.3 is 9.84 Å². The number of ether oxygens (including phenoxy) is 1. The number of nitrogens with one attached hydrogen (secondary N) is 1. The zero-order valence-corrected chi connectivity index (χ0v) is 12.6. The standard InChI is InChI=1S/C13H17BrFNO3/c1-13(2,3)19-12(18)16-10-6-8(11(17)7-15)4-5-9(10)14/h4-6,11,17H,7H2,1-3H3,(H,16,18). The Morgan fingerprint density at radius 2 is 2.16 bits per heavy atom. The van der Waals surface area contributed by atoms with Gasteiger partial charge in [0.05, 0.1) is 5.69 Å². The normalized spacial score (nSPS) is 12.9. The van der Waals surface area contributed by atoms with Gasteiger partial charge in [0.25, 0.3) is 0 Å². The second kappa shape index (κ2) is 6.34. The Morgan fingerprint density at radius 1 is 1.53 bits per heavy atom. The molecule has 0 bridgehead atoms. The van der Waals surface area contributed by atoms with Crippen molar-refractivity contribution in [1.29, 1.82) is 0 Å². The summed E-state index contributed by atoms with van der Waals surface area (Å²) in [5, 5.41) is 12.0. The highest BCUT2D eigenvalue weighted by Gasteiger charge is 2.17. The molecule has 1 aromatic carbocycles. The molecule has 0 aliphatic heterocycles. The van der Waals surface area contributed by atoms with Gasteiger partial charge in [-0.15, -0.1) is 0 Å². The molecule has 1 aromatic rings. The molecule has 0 aliphatic carbocycles. The van der Waals surface area contributed by atoms with Crippen molar-refractivity contribution in [2.24, 2.45) is 0 Å². The quantitative estimate of drug-likeness (QED) is 0.884. The molecule has 106 valence electrons. The van der Waals surface area contributed by atoms with Crippen LogP contribution >= 0.6 is 15.9 Å². The number of rotatable bonds is 3. The second-order valence-electron chi connectivity index (χ2n) is 5.04. The molecule has 0 fully saturated rings. The number of halogens is 2. The number of alkyl halides is 1. The van der Waals surface area contributed by atoms with Gasteiger partial charge in [-0.3, -0.25) is 5.32 Å². The first-order chi connectivity index (χ1) is 8.73. The van der Waals surface area contributed by atoms with E-state index in [0.29, 0.717) is 15.7 Å². The van der Waals surface area contributed by atoms with Gasteiger partial charge in [-0.05, 0) is 54.4 Å². The van der Waals surface area contributed by atoms with E-state index in [1.54, 1.807) is 32.9 Å². The van der Waals surface area contributed by atoms with Crippen LogP contribution in [-0.4, -0.2) is 23.5 Å². The largest absolute Gasteiger partial charge is 0.444 e. The number of hydrogen-bond donors (Lipinski definition) is 2. The molecule has 1 amide bonds. The fourth-order valence-corrected chi connectivity index (χ4v) is 1.69. The third-order valence-electron chi connectivity index (χ3n) is 2.16. The Morgan fingerprint density at radius 3 is 2.68 bits per heavy atom. The first-order valence-corrected chi connectivity index (χ1v) is 6.55. The van der Waals surface area contributed by atoms with Crippen molar-refractivity contribution in [3.8, 4) is 0 Å². The van der Waals surface area contributed by atoms with Crippen molar-refractivity contribution in [2.45, 2.75) is 32.5 Å². The number of carbonyl (C=O) groups excluding carboxylic acids is 1. The number of hydrogen-bond acceptors (Lipinski definition) is 3. The minimum absolute atomic E-state index is 0.386. The SMILES string of the molecule is CC(C)(C)OC(=O)Nc1cc(C(O)CF)ccc1Br. The summed E-state index contributed by atoms with van der Waals surface area (Å²) < 4.78 is 18.2. The van der Waals surface area contributed by atoms with Crippen LogP contribution in [0.5, 0.6) is 0 Å². The first kappa shape index (κ1) is 15.9. The highest BCUT2D eigenvalue weighted by Crippen LogP contribution is 2.27. The average molecular weight is 334 g/mol. The number of anilines is 1. The molecule has 0 spiro atoms. The topological polar surface area (TPSA) is 58.6 Å². The van der Waals surface area contributed by atoms with Crippen LogP contribution in [0.15, 0.2) is 22.7 Å². The number of carbonyl (C=O) groups is 1. The van der Waals surface area contributed by atoms with Crippen LogP contribution in [0.25, 0.3) is 0 Å². The highest BCUT2D eigenvalue weighted by molar-refractivity contribution is 9.10. The van der Waals surface area contributed by atoms with Gasteiger partial charge in [-0.1, -0.05) is 6.07 Å². The van der Waals surface area contributed by atoms with Crippen molar-refractivity contribution in [1.82, 2.24) is 0 Å². The minimum atomic E-state index is -1.20. The van der Waals surface area contributed by atoms with Crippen molar-refractivity contribution in [2.75, 3.05) is 12.0 Å². The fourth-order valence-electron chi connectivity index (χ4n) is 1.35. The van der Waals surface area contributed by atoms with E-state index in [1.807, 2.05) is 0 Å². The van der Waals surface area contributed by atoms with Crippen LogP contribution in [0.4, 0.5) is 14.9 Å². The molecule has 4 nitrogen and oxygen atoms in total. The Balaban J connectivity index is 2.85. The van der Waals surface area contributed by atoms with Gasteiger partial charge >= 0.3 is 6.09 Å². The van der Waals surface area contributed by atoms with E-state index in [1.165, 1.54) is 6.07 Å². The minimum Gasteiger partial charge on any atom is -0.444 e. The van der Waals surface area contributed by atoms with Crippen LogP contribution in [0.1, 0.15) is 32.4 Å². The fraction of sp³-hybridized carbons (Fsp3) is 0.462. The van der Waals surface area contributed by atoms with Gasteiger partial charge in [0, 0.05) is 4.47 Å². The van der Waals surface area contributed by atoms with E-state index < -0.39 is 24.5 Å². The average Bonchev–Trinajstić information content (AvgIpc) is 2.28. The Labute approximate surface area is 120 Å². The Hall–Kier alpha value is -1.14. The van der Waals surface area contributed by atoms with Crippen molar-refractivity contribution in [3.05, 3.63) is 28.2 Å². The number of benzene rings is 1. The summed E-state index contributed by atoms with van der Waals surface area (Å²) in [6.45, 7) is 4.38. The van der Waals surface area contributed by atoms with E-state index in [9.17, 15) is 14.3 Å². The summed E-state index contributed by atoms with van der Waals surface area (Å²) in [6.07, 6.45) is -1.81. The van der Waals surface area contributed by atoms with Gasteiger partial charge in [0.2, 0.25) is 0 Å². The van der Waals surface area contributed by atoms with E-state index in [4.69, 9.17) is 4.74 Å². The monoisotopic (exact) mass is 333 g/mol. The summed E-state index contributed by atoms with van der Waals surface area (Å²) >= 11 is 3.26. The molecule has 19 heavy (non-hydrogen) atoms. The Kier molecular flexibility index (Phi) is 5.31. The third-order valence-corrected chi connectivity index (χ3v) is 2.85. The maximum Gasteiger partial charge on any atom is 0.412 e. The van der Waals surface area contributed by atoms with E-state index in [2.05, 4.69) is 21.2 Å². The van der Waals surface area contributed by atoms with Gasteiger partial charge in [0.15, 0.2) is 0 Å². The Bertz CT molecular complexity index is 460. The maximum atomic E-state index is 12.4. The second-order valence-corrected chi connectivity index (χ2v) is 5.89. The van der Waals surface area contributed by atoms with Gasteiger partial charge in [-0.2, -0.15) is 0 Å². The molecular formula is C13H17BrFNO3. The van der Waals surface area contributed by atoms with Crippen molar-refractivity contribution < 1.29 is 19.0 Å². The molecule has 0 heterocycles. The lowest BCUT2D eigenvalue weighted by atomic mass is 10.1. The lowest BCUT2D eigenvalue weighted by molar-refractivity contribution is 0.0635. The van der Waals surface area contributed by atoms with E-state index in [-0.39, 0.29) is 0 Å². The summed E-state index contributed by atoms with van der Waals surface area (Å²) in [5.41, 5.74) is 0.197. The molecule has 0 saturated heterocycles. The predicted molar refractivity (Wildman–Crippen MR) is 74.9 cm³/mol. The lowest BCUT2D eigenvalue weighted by Gasteiger charge is -2.20. The van der Waals surface area contributed by atoms with Crippen molar-refractivity contribution in [3.63, 3.8) is 0 Å². The number of amides is 1. The van der Waals surface area contributed by atoms with Crippen LogP contribution in [-0.2, 0) is 4.74 Å². The maximum absolute atomic E-state index is 12.4. The van der Waals surface area contributed by atoms with Crippen LogP contribution < -0.4 is 5.32 Å². The molecule has 2 N–H and O–H groups in total. The van der Waals surface area contributed by atoms with E-state index in [0.717, 1.165) is 0 Å². The summed E-state index contributed by atoms with van der Waals surface area (Å²) in [6, 6.07) is 4.70. The predicted octanol–water partition coefficient (Wildman–Crippen LogP) is 3.80. The van der Waals surface area contributed by atoms with E-state index >= 15 is 0 Å². The third kappa shape index (κ3) is 5.16. The first-order valence-electron chi connectivity index (χ1n) is 5.76. The van der Waals surface area contributed by atoms with Crippen LogP contribution in [0, 0.1) is 0 Å². The number of aliphatic hydroxyl groups excluding tert-OH is 1. The smallest absolute Gasteiger partial charge is 0.412 e. The summed E-state index contributed by atoms with van der Waals surface area (Å²) in [5.74, 6) is 0. The van der Waals surface area contributed by atoms with Crippen LogP contribution in [0.3, 0.4) is 0 Å². The molecule has 0 saturated carbocycles. The number of aliphatic hydroxyl groups is 1. The molecule has 0 radical (unpaired) electrons. The van der Waals surface area contributed by atoms with Crippen molar-refractivity contribution >= 4 is 27.7 Å². The summed E-state index contributed by atoms with van der Waals surface area (Å²) in [4.78, 5) is 11.6. The molecule has 1 atom stereocenters. The molecule has 0 aromatic heterocycles. The zero-order chi connectivity index (χ0) is 14.6.